The molecular weight excluding hydrogens is 455 g/mol. The second-order valence-corrected chi connectivity index (χ2v) is 8.92. The van der Waals surface area contributed by atoms with Crippen LogP contribution in [0, 0.1) is 5.82 Å². The van der Waals surface area contributed by atoms with Gasteiger partial charge in [0.1, 0.15) is 11.6 Å². The number of H-pyrrole nitrogens is 1. The second-order valence-electron chi connectivity index (χ2n) is 8.92. The molecular formula is C28H35FN6O. The Kier molecular flexibility index (Phi) is 9.38. The zero-order valence-electron chi connectivity index (χ0n) is 20.6. The normalized spacial score (nSPS) is 11.4. The highest BCUT2D eigenvalue weighted by molar-refractivity contribution is 5.96. The zero-order valence-corrected chi connectivity index (χ0v) is 20.6. The van der Waals surface area contributed by atoms with E-state index < -0.39 is 5.82 Å². The number of aromatic amines is 1. The van der Waals surface area contributed by atoms with Gasteiger partial charge in [0.25, 0.3) is 5.56 Å². The van der Waals surface area contributed by atoms with Crippen LogP contribution in [0.25, 0.3) is 33.1 Å². The van der Waals surface area contributed by atoms with E-state index >= 15 is 0 Å². The van der Waals surface area contributed by atoms with Crippen LogP contribution in [0.15, 0.2) is 59.4 Å². The summed E-state index contributed by atoms with van der Waals surface area (Å²) in [5.41, 5.74) is 6.77. The topological polar surface area (TPSA) is 108 Å². The average Bonchev–Trinajstić information content (AvgIpc) is 2.89. The minimum absolute atomic E-state index is 0.237. The molecule has 0 aliphatic heterocycles. The average molecular weight is 491 g/mol. The highest BCUT2D eigenvalue weighted by Crippen LogP contribution is 2.27. The van der Waals surface area contributed by atoms with Crippen LogP contribution < -0.4 is 27.2 Å². The van der Waals surface area contributed by atoms with Crippen molar-refractivity contribution in [2.45, 2.75) is 25.7 Å². The molecule has 3 aromatic carbocycles. The van der Waals surface area contributed by atoms with Crippen molar-refractivity contribution in [3.63, 3.8) is 0 Å². The number of benzene rings is 3. The second kappa shape index (κ2) is 13.1. The lowest BCUT2D eigenvalue weighted by Crippen LogP contribution is -2.22. The van der Waals surface area contributed by atoms with E-state index in [1.165, 1.54) is 6.07 Å². The van der Waals surface area contributed by atoms with Gasteiger partial charge in [-0.25, -0.2) is 9.37 Å². The van der Waals surface area contributed by atoms with E-state index in [1.54, 1.807) is 6.07 Å². The summed E-state index contributed by atoms with van der Waals surface area (Å²) in [6.07, 6.45) is 4.11. The lowest BCUT2D eigenvalue weighted by molar-refractivity contribution is 0.571. The molecule has 0 amide bonds. The van der Waals surface area contributed by atoms with Crippen LogP contribution in [-0.2, 0) is 0 Å². The molecule has 0 unspecified atom stereocenters. The van der Waals surface area contributed by atoms with Crippen LogP contribution in [0.4, 0.5) is 10.1 Å². The molecule has 8 heteroatoms. The molecule has 4 aromatic rings. The van der Waals surface area contributed by atoms with Crippen molar-refractivity contribution in [3.8, 4) is 11.4 Å². The Bertz CT molecular complexity index is 1330. The van der Waals surface area contributed by atoms with E-state index in [-0.39, 0.29) is 10.9 Å². The van der Waals surface area contributed by atoms with Gasteiger partial charge in [-0.05, 0) is 81.3 Å². The van der Waals surface area contributed by atoms with E-state index in [4.69, 9.17) is 5.73 Å². The van der Waals surface area contributed by atoms with Crippen LogP contribution >= 0.6 is 0 Å². The fourth-order valence-electron chi connectivity index (χ4n) is 4.27. The van der Waals surface area contributed by atoms with Crippen molar-refractivity contribution in [3.05, 3.63) is 70.8 Å². The lowest BCUT2D eigenvalue weighted by Gasteiger charge is -2.11. The molecule has 0 fully saturated rings. The van der Waals surface area contributed by atoms with E-state index in [0.29, 0.717) is 23.6 Å². The minimum atomic E-state index is -0.456. The monoisotopic (exact) mass is 490 g/mol. The highest BCUT2D eigenvalue weighted by atomic mass is 19.1. The number of rotatable bonds is 14. The predicted molar refractivity (Wildman–Crippen MR) is 147 cm³/mol. The quantitative estimate of drug-likeness (QED) is 0.171. The van der Waals surface area contributed by atoms with Gasteiger partial charge in [0.2, 0.25) is 0 Å². The van der Waals surface area contributed by atoms with Crippen molar-refractivity contribution < 1.29 is 4.39 Å². The Hall–Kier alpha value is -3.33. The molecule has 4 rings (SSSR count). The minimum Gasteiger partial charge on any atom is -0.383 e. The first kappa shape index (κ1) is 25.8. The molecule has 7 nitrogen and oxygen atoms in total. The SMILES string of the molecule is NCCCNCCCCNCCCNc1cc2nc(-c3cccc4ccccc34)[nH]c(=O)c2cc1F. The molecule has 0 aliphatic rings. The summed E-state index contributed by atoms with van der Waals surface area (Å²) >= 11 is 0. The Morgan fingerprint density at radius 2 is 1.56 bits per heavy atom. The number of anilines is 1. The molecule has 0 saturated carbocycles. The number of hydrogen-bond acceptors (Lipinski definition) is 6. The van der Waals surface area contributed by atoms with E-state index in [1.807, 2.05) is 42.5 Å². The number of hydrogen-bond donors (Lipinski definition) is 5. The summed E-state index contributed by atoms with van der Waals surface area (Å²) in [5, 5.41) is 12.3. The van der Waals surface area contributed by atoms with Crippen LogP contribution in [0.3, 0.4) is 0 Å². The van der Waals surface area contributed by atoms with Gasteiger partial charge in [0.15, 0.2) is 0 Å². The van der Waals surface area contributed by atoms with Crippen LogP contribution in [0.2, 0.25) is 0 Å². The fraction of sp³-hybridized carbons (Fsp3) is 0.357. The third-order valence-corrected chi connectivity index (χ3v) is 6.20. The van der Waals surface area contributed by atoms with Gasteiger partial charge >= 0.3 is 0 Å². The summed E-state index contributed by atoms with van der Waals surface area (Å²) in [6, 6.07) is 16.7. The summed E-state index contributed by atoms with van der Waals surface area (Å²) in [6.45, 7) is 5.17. The lowest BCUT2D eigenvalue weighted by atomic mass is 10.0. The maximum atomic E-state index is 14.7. The van der Waals surface area contributed by atoms with Gasteiger partial charge in [0.05, 0.1) is 16.6 Å². The third kappa shape index (κ3) is 6.66. The zero-order chi connectivity index (χ0) is 25.2. The van der Waals surface area contributed by atoms with Gasteiger partial charge in [-0.15, -0.1) is 0 Å². The van der Waals surface area contributed by atoms with Crippen molar-refractivity contribution in [2.75, 3.05) is 44.6 Å². The first-order valence-corrected chi connectivity index (χ1v) is 12.7. The predicted octanol–water partition coefficient (Wildman–Crippen LogP) is 3.99. The summed E-state index contributed by atoms with van der Waals surface area (Å²) in [5.74, 6) is 0.0171. The Morgan fingerprint density at radius 1 is 0.833 bits per heavy atom. The largest absolute Gasteiger partial charge is 0.383 e. The molecule has 0 atom stereocenters. The highest BCUT2D eigenvalue weighted by Gasteiger charge is 2.12. The number of nitrogens with two attached hydrogens (primary N) is 1. The maximum absolute atomic E-state index is 14.7. The van der Waals surface area contributed by atoms with Gasteiger partial charge in [-0.2, -0.15) is 0 Å². The summed E-state index contributed by atoms with van der Waals surface area (Å²) in [4.78, 5) is 20.3. The molecule has 1 heterocycles. The van der Waals surface area contributed by atoms with E-state index in [0.717, 1.165) is 74.7 Å². The third-order valence-electron chi connectivity index (χ3n) is 6.20. The maximum Gasteiger partial charge on any atom is 0.259 e. The molecule has 0 radical (unpaired) electrons. The molecule has 36 heavy (non-hydrogen) atoms. The van der Waals surface area contributed by atoms with Gasteiger partial charge < -0.3 is 26.7 Å². The number of aromatic nitrogens is 2. The molecule has 1 aromatic heterocycles. The molecule has 0 saturated heterocycles. The molecule has 0 aliphatic carbocycles. The Balaban J connectivity index is 1.34. The van der Waals surface area contributed by atoms with Crippen molar-refractivity contribution in [2.24, 2.45) is 5.73 Å². The van der Waals surface area contributed by atoms with Gasteiger partial charge in [-0.3, -0.25) is 4.79 Å². The van der Waals surface area contributed by atoms with E-state index in [2.05, 4.69) is 25.9 Å². The first-order valence-electron chi connectivity index (χ1n) is 12.7. The Morgan fingerprint density at radius 3 is 2.36 bits per heavy atom. The number of unbranched alkanes of at least 4 members (excludes halogenated alkanes) is 1. The standard InChI is InChI=1S/C28H35FN6O/c29-24-18-23-25(19-26(24)33-17-7-16-32-14-4-3-13-31-15-6-12-30)34-27(35-28(23)36)22-11-5-9-20-8-1-2-10-21(20)22/h1-2,5,8-11,18-19,31-33H,3-4,6-7,12-17,30H2,(H,34,35,36). The fourth-order valence-corrected chi connectivity index (χ4v) is 4.27. The number of nitrogens with one attached hydrogen (secondary N) is 4. The van der Waals surface area contributed by atoms with Crippen molar-refractivity contribution in [1.82, 2.24) is 20.6 Å². The Labute approximate surface area is 210 Å². The van der Waals surface area contributed by atoms with Crippen molar-refractivity contribution >= 4 is 27.4 Å². The molecule has 190 valence electrons. The summed E-state index contributed by atoms with van der Waals surface area (Å²) in [7, 11) is 0. The number of nitrogens with zero attached hydrogens (tertiary/aromatic N) is 1. The van der Waals surface area contributed by atoms with Crippen LogP contribution in [0.5, 0.6) is 0 Å². The first-order chi connectivity index (χ1) is 17.7. The van der Waals surface area contributed by atoms with Crippen LogP contribution in [-0.4, -0.2) is 49.2 Å². The van der Waals surface area contributed by atoms with E-state index in [9.17, 15) is 9.18 Å². The number of halogens is 1. The smallest absolute Gasteiger partial charge is 0.259 e. The van der Waals surface area contributed by atoms with Gasteiger partial charge in [0, 0.05) is 12.1 Å². The molecule has 0 spiro atoms. The summed E-state index contributed by atoms with van der Waals surface area (Å²) < 4.78 is 14.7. The number of fused-ring (bicyclic) bond motifs is 2. The molecule has 6 N–H and O–H groups in total. The van der Waals surface area contributed by atoms with Crippen LogP contribution in [0.1, 0.15) is 25.7 Å². The van der Waals surface area contributed by atoms with Crippen molar-refractivity contribution in [1.29, 1.82) is 0 Å². The molecule has 0 bridgehead atoms. The van der Waals surface area contributed by atoms with Gasteiger partial charge in [-0.1, -0.05) is 42.5 Å².